The van der Waals surface area contributed by atoms with Gasteiger partial charge in [0.05, 0.1) is 5.92 Å². The number of fused-ring (bicyclic) bond motifs is 2. The van der Waals surface area contributed by atoms with Crippen LogP contribution in [0.4, 0.5) is 4.79 Å². The molecule has 6 nitrogen and oxygen atoms in total. The first-order valence-electron chi connectivity index (χ1n) is 6.79. The van der Waals surface area contributed by atoms with Crippen LogP contribution in [0.3, 0.4) is 0 Å². The Bertz CT molecular complexity index is 345. The van der Waals surface area contributed by atoms with Crippen molar-refractivity contribution in [3.8, 4) is 0 Å². The van der Waals surface area contributed by atoms with Gasteiger partial charge in [0.2, 0.25) is 6.79 Å². The van der Waals surface area contributed by atoms with Gasteiger partial charge in [0.15, 0.2) is 0 Å². The van der Waals surface area contributed by atoms with E-state index in [1.165, 1.54) is 0 Å². The van der Waals surface area contributed by atoms with E-state index in [9.17, 15) is 9.59 Å². The van der Waals surface area contributed by atoms with Crippen LogP contribution in [0.15, 0.2) is 0 Å². The van der Waals surface area contributed by atoms with Gasteiger partial charge in [0.25, 0.3) is 0 Å². The molecule has 0 spiro atoms. The van der Waals surface area contributed by atoms with Crippen LogP contribution < -0.4 is 0 Å². The fourth-order valence-electron chi connectivity index (χ4n) is 2.79. The van der Waals surface area contributed by atoms with E-state index < -0.39 is 0 Å². The summed E-state index contributed by atoms with van der Waals surface area (Å²) in [6.45, 7) is 4.96. The van der Waals surface area contributed by atoms with Crippen molar-refractivity contribution in [1.29, 1.82) is 0 Å². The molecule has 0 radical (unpaired) electrons. The minimum Gasteiger partial charge on any atom is -0.428 e. The van der Waals surface area contributed by atoms with E-state index in [4.69, 9.17) is 9.47 Å². The van der Waals surface area contributed by atoms with E-state index >= 15 is 0 Å². The lowest BCUT2D eigenvalue weighted by molar-refractivity contribution is -0.156. The molecule has 2 fully saturated rings. The van der Waals surface area contributed by atoms with Crippen LogP contribution in [-0.2, 0) is 14.3 Å². The summed E-state index contributed by atoms with van der Waals surface area (Å²) in [6.07, 6.45) is 1.68. The van der Waals surface area contributed by atoms with E-state index in [1.54, 1.807) is 13.8 Å². The third kappa shape index (κ3) is 3.18. The zero-order valence-corrected chi connectivity index (χ0v) is 11.8. The lowest BCUT2D eigenvalue weighted by Crippen LogP contribution is -2.54. The molecule has 19 heavy (non-hydrogen) atoms. The van der Waals surface area contributed by atoms with Gasteiger partial charge in [0.1, 0.15) is 0 Å². The molecule has 0 aliphatic carbocycles. The maximum Gasteiger partial charge on any atom is 0.413 e. The number of hydrogen-bond donors (Lipinski definition) is 0. The SMILES string of the molecule is CC(C)C(=O)OCOC(=O)N1C2CCC1CN(C)C2. The second-order valence-electron chi connectivity index (χ2n) is 5.66. The molecule has 2 aliphatic rings. The van der Waals surface area contributed by atoms with E-state index in [2.05, 4.69) is 11.9 Å². The molecule has 1 amide bonds. The summed E-state index contributed by atoms with van der Waals surface area (Å²) < 4.78 is 9.90. The standard InChI is InChI=1S/C13H22N2O4/c1-9(2)12(16)18-8-19-13(17)15-10-4-5-11(15)7-14(3)6-10/h9-11H,4-8H2,1-3H3. The molecule has 0 aromatic carbocycles. The topological polar surface area (TPSA) is 59.1 Å². The Morgan fingerprint density at radius 2 is 1.74 bits per heavy atom. The summed E-state index contributed by atoms with van der Waals surface area (Å²) in [5, 5.41) is 0. The van der Waals surface area contributed by atoms with Crippen molar-refractivity contribution >= 4 is 12.1 Å². The van der Waals surface area contributed by atoms with Gasteiger partial charge in [0, 0.05) is 25.2 Å². The Hall–Kier alpha value is -1.30. The molecule has 108 valence electrons. The van der Waals surface area contributed by atoms with Crippen molar-refractivity contribution in [2.24, 2.45) is 5.92 Å². The second kappa shape index (κ2) is 5.77. The largest absolute Gasteiger partial charge is 0.428 e. The van der Waals surface area contributed by atoms with Crippen LogP contribution in [0.2, 0.25) is 0 Å². The molecule has 2 rings (SSSR count). The monoisotopic (exact) mass is 270 g/mol. The highest BCUT2D eigenvalue weighted by molar-refractivity contribution is 5.72. The summed E-state index contributed by atoms with van der Waals surface area (Å²) in [7, 11) is 2.07. The van der Waals surface area contributed by atoms with Gasteiger partial charge in [-0.2, -0.15) is 0 Å². The predicted molar refractivity (Wildman–Crippen MR) is 68.4 cm³/mol. The number of likely N-dealkylation sites (N-methyl/N-ethyl adjacent to an activating group) is 1. The van der Waals surface area contributed by atoms with Gasteiger partial charge in [-0.1, -0.05) is 13.8 Å². The number of carbonyl (C=O) groups is 2. The van der Waals surface area contributed by atoms with E-state index in [0.717, 1.165) is 25.9 Å². The number of likely N-dealkylation sites (tertiary alicyclic amines) is 1. The third-order valence-corrected chi connectivity index (χ3v) is 3.73. The quantitative estimate of drug-likeness (QED) is 0.567. The number of rotatable bonds is 3. The molecule has 2 aliphatic heterocycles. The average Bonchev–Trinajstić information content (AvgIpc) is 2.61. The molecule has 0 N–H and O–H groups in total. The lowest BCUT2D eigenvalue weighted by atomic mass is 10.2. The van der Waals surface area contributed by atoms with Crippen LogP contribution in [0.1, 0.15) is 26.7 Å². The predicted octanol–water partition coefficient (Wildman–Crippen LogP) is 1.06. The smallest absolute Gasteiger partial charge is 0.413 e. The van der Waals surface area contributed by atoms with Crippen LogP contribution in [0.5, 0.6) is 0 Å². The first kappa shape index (κ1) is 14.1. The zero-order valence-electron chi connectivity index (χ0n) is 11.8. The minimum absolute atomic E-state index is 0.210. The summed E-state index contributed by atoms with van der Waals surface area (Å²) in [5.41, 5.74) is 0. The molecule has 2 bridgehead atoms. The highest BCUT2D eigenvalue weighted by Crippen LogP contribution is 2.29. The minimum atomic E-state index is -0.364. The van der Waals surface area contributed by atoms with Gasteiger partial charge < -0.3 is 14.4 Å². The first-order valence-corrected chi connectivity index (χ1v) is 6.79. The van der Waals surface area contributed by atoms with Crippen molar-refractivity contribution < 1.29 is 19.1 Å². The maximum atomic E-state index is 12.0. The number of hydrogen-bond acceptors (Lipinski definition) is 5. The number of ether oxygens (including phenoxy) is 2. The van der Waals surface area contributed by atoms with Crippen molar-refractivity contribution in [2.75, 3.05) is 26.9 Å². The molecule has 6 heteroatoms. The molecule has 0 aromatic heterocycles. The first-order chi connectivity index (χ1) is 8.99. The maximum absolute atomic E-state index is 12.0. The van der Waals surface area contributed by atoms with E-state index in [1.807, 2.05) is 4.90 Å². The summed E-state index contributed by atoms with van der Waals surface area (Å²) in [4.78, 5) is 27.3. The molecule has 0 saturated carbocycles. The van der Waals surface area contributed by atoms with E-state index in [-0.39, 0.29) is 36.9 Å². The molecule has 2 atom stereocenters. The van der Waals surface area contributed by atoms with Crippen molar-refractivity contribution in [3.63, 3.8) is 0 Å². The molecular weight excluding hydrogens is 248 g/mol. The number of nitrogens with zero attached hydrogens (tertiary/aromatic N) is 2. The van der Waals surface area contributed by atoms with E-state index in [0.29, 0.717) is 0 Å². The fourth-order valence-corrected chi connectivity index (χ4v) is 2.79. The number of piperazine rings is 1. The Balaban J connectivity index is 1.80. The van der Waals surface area contributed by atoms with Crippen molar-refractivity contribution in [2.45, 2.75) is 38.8 Å². The average molecular weight is 270 g/mol. The summed E-state index contributed by atoms with van der Waals surface area (Å²) in [6, 6.07) is 0.467. The lowest BCUT2D eigenvalue weighted by Gasteiger charge is -2.38. The molecule has 2 unspecified atom stereocenters. The summed E-state index contributed by atoms with van der Waals surface area (Å²) in [5.74, 6) is -0.562. The molecule has 2 saturated heterocycles. The van der Waals surface area contributed by atoms with Gasteiger partial charge >= 0.3 is 12.1 Å². The zero-order chi connectivity index (χ0) is 14.0. The normalized spacial score (nSPS) is 26.6. The Labute approximate surface area is 113 Å². The number of carbonyl (C=O) groups excluding carboxylic acids is 2. The Kier molecular flexibility index (Phi) is 4.29. The number of esters is 1. The third-order valence-electron chi connectivity index (χ3n) is 3.73. The Morgan fingerprint density at radius 3 is 2.26 bits per heavy atom. The fraction of sp³-hybridized carbons (Fsp3) is 0.846. The molecule has 2 heterocycles. The summed E-state index contributed by atoms with van der Waals surface area (Å²) >= 11 is 0. The highest BCUT2D eigenvalue weighted by atomic mass is 16.7. The van der Waals surface area contributed by atoms with Crippen molar-refractivity contribution in [3.05, 3.63) is 0 Å². The molecule has 0 aromatic rings. The van der Waals surface area contributed by atoms with Crippen LogP contribution >= 0.6 is 0 Å². The van der Waals surface area contributed by atoms with Gasteiger partial charge in [-0.15, -0.1) is 0 Å². The van der Waals surface area contributed by atoms with Gasteiger partial charge in [-0.05, 0) is 19.9 Å². The van der Waals surface area contributed by atoms with Gasteiger partial charge in [-0.25, -0.2) is 4.79 Å². The second-order valence-corrected chi connectivity index (χ2v) is 5.66. The highest BCUT2D eigenvalue weighted by Gasteiger charge is 2.42. The molecular formula is C13H22N2O4. The van der Waals surface area contributed by atoms with Crippen molar-refractivity contribution in [1.82, 2.24) is 9.80 Å². The van der Waals surface area contributed by atoms with Crippen LogP contribution in [0.25, 0.3) is 0 Å². The van der Waals surface area contributed by atoms with Crippen LogP contribution in [0, 0.1) is 5.92 Å². The van der Waals surface area contributed by atoms with Gasteiger partial charge in [-0.3, -0.25) is 9.69 Å². The van der Waals surface area contributed by atoms with Crippen LogP contribution in [-0.4, -0.2) is 60.9 Å². The number of amides is 1. The Morgan fingerprint density at radius 1 is 1.16 bits per heavy atom.